The molecule has 0 aliphatic heterocycles. The highest BCUT2D eigenvalue weighted by Crippen LogP contribution is 2.35. The fourth-order valence-electron chi connectivity index (χ4n) is 4.07. The molecule has 0 spiro atoms. The number of aromatic nitrogens is 2. The number of rotatable bonds is 4. The SMILES string of the molecule is COC1CCC(NC(=O)Nc2cn(C)nc2C2CCCCC2)CC1. The molecule has 2 aliphatic rings. The summed E-state index contributed by atoms with van der Waals surface area (Å²) in [6.07, 6.45) is 12.4. The summed E-state index contributed by atoms with van der Waals surface area (Å²) in [5, 5.41) is 10.8. The second-order valence-electron chi connectivity index (χ2n) is 7.24. The van der Waals surface area contributed by atoms with Gasteiger partial charge >= 0.3 is 6.03 Å². The Morgan fingerprint density at radius 1 is 1.17 bits per heavy atom. The lowest BCUT2D eigenvalue weighted by molar-refractivity contribution is 0.0638. The number of nitrogens with zero attached hydrogens (tertiary/aromatic N) is 2. The molecule has 2 saturated carbocycles. The van der Waals surface area contributed by atoms with Crippen LogP contribution in [0.3, 0.4) is 0 Å². The molecular weight excluding hydrogens is 304 g/mol. The molecule has 0 aromatic carbocycles. The summed E-state index contributed by atoms with van der Waals surface area (Å²) in [5.74, 6) is 0.479. The van der Waals surface area contributed by atoms with Crippen LogP contribution in [0.5, 0.6) is 0 Å². The fraction of sp³-hybridized carbons (Fsp3) is 0.778. The zero-order chi connectivity index (χ0) is 16.9. The highest BCUT2D eigenvalue weighted by atomic mass is 16.5. The van der Waals surface area contributed by atoms with Crippen LogP contribution in [0.15, 0.2) is 6.20 Å². The largest absolute Gasteiger partial charge is 0.381 e. The van der Waals surface area contributed by atoms with Crippen molar-refractivity contribution in [2.75, 3.05) is 12.4 Å². The highest BCUT2D eigenvalue weighted by molar-refractivity contribution is 5.90. The standard InChI is InChI=1S/C18H30N4O2/c1-22-12-16(17(21-22)13-6-4-3-5-7-13)20-18(23)19-14-8-10-15(24-2)11-9-14/h12-15H,3-11H2,1-2H3,(H2,19,20,23). The number of nitrogens with one attached hydrogen (secondary N) is 2. The van der Waals surface area contributed by atoms with E-state index in [1.807, 2.05) is 17.9 Å². The quantitative estimate of drug-likeness (QED) is 0.885. The molecule has 2 aliphatic carbocycles. The smallest absolute Gasteiger partial charge is 0.319 e. The molecule has 2 N–H and O–H groups in total. The second kappa shape index (κ2) is 8.01. The number of urea groups is 1. The third-order valence-electron chi connectivity index (χ3n) is 5.44. The Hall–Kier alpha value is -1.56. The number of ether oxygens (including phenoxy) is 1. The normalized spacial score (nSPS) is 25.4. The molecule has 1 heterocycles. The molecule has 0 atom stereocenters. The molecule has 6 nitrogen and oxygen atoms in total. The summed E-state index contributed by atoms with van der Waals surface area (Å²) < 4.78 is 7.20. The van der Waals surface area contributed by atoms with Crippen LogP contribution in [0.1, 0.15) is 69.4 Å². The molecular formula is C18H30N4O2. The van der Waals surface area contributed by atoms with Crippen LogP contribution in [0, 0.1) is 0 Å². The van der Waals surface area contributed by atoms with Gasteiger partial charge < -0.3 is 15.4 Å². The minimum Gasteiger partial charge on any atom is -0.381 e. The van der Waals surface area contributed by atoms with E-state index in [0.717, 1.165) is 37.1 Å². The lowest BCUT2D eigenvalue weighted by Gasteiger charge is -2.28. The van der Waals surface area contributed by atoms with Gasteiger partial charge in [0.05, 0.1) is 17.5 Å². The number of methoxy groups -OCH3 is 1. The molecule has 24 heavy (non-hydrogen) atoms. The molecule has 0 radical (unpaired) electrons. The molecule has 1 aromatic heterocycles. The van der Waals surface area contributed by atoms with Gasteiger partial charge in [-0.1, -0.05) is 19.3 Å². The van der Waals surface area contributed by atoms with Crippen LogP contribution in [0.2, 0.25) is 0 Å². The van der Waals surface area contributed by atoms with Gasteiger partial charge in [-0.3, -0.25) is 4.68 Å². The maximum Gasteiger partial charge on any atom is 0.319 e. The van der Waals surface area contributed by atoms with Gasteiger partial charge in [-0.25, -0.2) is 4.79 Å². The first-order valence-electron chi connectivity index (χ1n) is 9.29. The molecule has 2 fully saturated rings. The Morgan fingerprint density at radius 2 is 1.88 bits per heavy atom. The van der Waals surface area contributed by atoms with E-state index < -0.39 is 0 Å². The van der Waals surface area contributed by atoms with Crippen molar-refractivity contribution in [2.24, 2.45) is 7.05 Å². The molecule has 3 rings (SSSR count). The fourth-order valence-corrected chi connectivity index (χ4v) is 4.07. The third-order valence-corrected chi connectivity index (χ3v) is 5.44. The molecule has 0 unspecified atom stereocenters. The van der Waals surface area contributed by atoms with Gasteiger partial charge in [0, 0.05) is 32.3 Å². The van der Waals surface area contributed by atoms with Gasteiger partial charge in [-0.2, -0.15) is 5.10 Å². The van der Waals surface area contributed by atoms with E-state index in [2.05, 4.69) is 15.7 Å². The van der Waals surface area contributed by atoms with E-state index in [-0.39, 0.29) is 12.1 Å². The van der Waals surface area contributed by atoms with Crippen LogP contribution >= 0.6 is 0 Å². The first-order chi connectivity index (χ1) is 11.7. The van der Waals surface area contributed by atoms with Gasteiger partial charge in [0.2, 0.25) is 0 Å². The van der Waals surface area contributed by atoms with Crippen LogP contribution in [-0.4, -0.2) is 35.1 Å². The number of hydrogen-bond acceptors (Lipinski definition) is 3. The van der Waals surface area contributed by atoms with Crippen LogP contribution < -0.4 is 10.6 Å². The highest BCUT2D eigenvalue weighted by Gasteiger charge is 2.25. The summed E-state index contributed by atoms with van der Waals surface area (Å²) in [6, 6.07) is 0.132. The number of anilines is 1. The molecule has 6 heteroatoms. The van der Waals surface area contributed by atoms with Gasteiger partial charge in [0.25, 0.3) is 0 Å². The lowest BCUT2D eigenvalue weighted by atomic mass is 9.86. The van der Waals surface area contributed by atoms with Gasteiger partial charge in [-0.15, -0.1) is 0 Å². The third kappa shape index (κ3) is 4.29. The number of aryl methyl sites for hydroxylation is 1. The topological polar surface area (TPSA) is 68.2 Å². The van der Waals surface area contributed by atoms with E-state index in [9.17, 15) is 4.79 Å². The number of amides is 2. The van der Waals surface area contributed by atoms with Crippen molar-refractivity contribution in [3.8, 4) is 0 Å². The average Bonchev–Trinajstić information content (AvgIpc) is 2.96. The monoisotopic (exact) mass is 334 g/mol. The molecule has 1 aromatic rings. The van der Waals surface area contributed by atoms with E-state index in [4.69, 9.17) is 4.74 Å². The van der Waals surface area contributed by atoms with Crippen molar-refractivity contribution in [2.45, 2.75) is 75.9 Å². The zero-order valence-corrected chi connectivity index (χ0v) is 14.9. The van der Waals surface area contributed by atoms with Crippen LogP contribution in [-0.2, 0) is 11.8 Å². The Labute approximate surface area is 144 Å². The van der Waals surface area contributed by atoms with Crippen molar-refractivity contribution in [3.05, 3.63) is 11.9 Å². The first-order valence-corrected chi connectivity index (χ1v) is 9.29. The van der Waals surface area contributed by atoms with Crippen molar-refractivity contribution < 1.29 is 9.53 Å². The van der Waals surface area contributed by atoms with Crippen LogP contribution in [0.4, 0.5) is 10.5 Å². The predicted molar refractivity (Wildman–Crippen MR) is 94.2 cm³/mol. The summed E-state index contributed by atoms with van der Waals surface area (Å²) in [7, 11) is 3.68. The van der Waals surface area contributed by atoms with Crippen LogP contribution in [0.25, 0.3) is 0 Å². The summed E-state index contributed by atoms with van der Waals surface area (Å²) in [5.41, 5.74) is 1.92. The average molecular weight is 334 g/mol. The van der Waals surface area contributed by atoms with Crippen molar-refractivity contribution in [3.63, 3.8) is 0 Å². The van der Waals surface area contributed by atoms with Gasteiger partial charge in [-0.05, 0) is 38.5 Å². The first kappa shape index (κ1) is 17.3. The van der Waals surface area contributed by atoms with Gasteiger partial charge in [0.1, 0.15) is 0 Å². The Morgan fingerprint density at radius 3 is 2.54 bits per heavy atom. The number of carbonyl (C=O) groups excluding carboxylic acids is 1. The predicted octanol–water partition coefficient (Wildman–Crippen LogP) is 3.55. The molecule has 0 bridgehead atoms. The minimum absolute atomic E-state index is 0.110. The van der Waals surface area contributed by atoms with Crippen molar-refractivity contribution >= 4 is 11.7 Å². The summed E-state index contributed by atoms with van der Waals surface area (Å²) in [6.45, 7) is 0. The minimum atomic E-state index is -0.110. The van der Waals surface area contributed by atoms with Gasteiger partial charge in [0.15, 0.2) is 0 Å². The molecule has 0 saturated heterocycles. The summed E-state index contributed by atoms with van der Waals surface area (Å²) in [4.78, 5) is 12.4. The molecule has 134 valence electrons. The maximum atomic E-state index is 12.4. The van der Waals surface area contributed by atoms with E-state index in [1.165, 1.54) is 32.1 Å². The Kier molecular flexibility index (Phi) is 5.76. The van der Waals surface area contributed by atoms with Crippen molar-refractivity contribution in [1.82, 2.24) is 15.1 Å². The Balaban J connectivity index is 1.56. The second-order valence-corrected chi connectivity index (χ2v) is 7.24. The summed E-state index contributed by atoms with van der Waals surface area (Å²) >= 11 is 0. The number of hydrogen-bond donors (Lipinski definition) is 2. The Bertz CT molecular complexity index is 543. The van der Waals surface area contributed by atoms with E-state index >= 15 is 0 Å². The molecule has 2 amide bonds. The number of carbonyl (C=O) groups is 1. The zero-order valence-electron chi connectivity index (χ0n) is 14.9. The van der Waals surface area contributed by atoms with E-state index in [0.29, 0.717) is 12.0 Å². The van der Waals surface area contributed by atoms with Crippen molar-refractivity contribution in [1.29, 1.82) is 0 Å². The maximum absolute atomic E-state index is 12.4. The lowest BCUT2D eigenvalue weighted by Crippen LogP contribution is -2.41. The van der Waals surface area contributed by atoms with E-state index in [1.54, 1.807) is 7.11 Å².